The molecule has 5 heteroatoms. The topological polar surface area (TPSA) is 49.9 Å². The summed E-state index contributed by atoms with van der Waals surface area (Å²) in [6.45, 7) is 3.70. The van der Waals surface area contributed by atoms with E-state index >= 15 is 0 Å². The Morgan fingerprint density at radius 3 is 2.50 bits per heavy atom. The molecule has 0 bridgehead atoms. The minimum Gasteiger partial charge on any atom is -0.490 e. The Morgan fingerprint density at radius 1 is 0.962 bits per heavy atom. The Morgan fingerprint density at radius 2 is 1.69 bits per heavy atom. The lowest BCUT2D eigenvalue weighted by molar-refractivity contribution is -0.123. The number of anilines is 2. The van der Waals surface area contributed by atoms with Crippen LogP contribution in [0.3, 0.4) is 0 Å². The molecular formula is C21H22N2O3. The Kier molecular flexibility index (Phi) is 4.37. The Bertz CT molecular complexity index is 862. The van der Waals surface area contributed by atoms with Crippen molar-refractivity contribution in [1.29, 1.82) is 0 Å². The van der Waals surface area contributed by atoms with Crippen LogP contribution in [0.25, 0.3) is 0 Å². The summed E-state index contributed by atoms with van der Waals surface area (Å²) in [5.41, 5.74) is 4.07. The van der Waals surface area contributed by atoms with Crippen molar-refractivity contribution in [2.75, 3.05) is 29.5 Å². The molecular weight excluding hydrogens is 328 g/mol. The first-order valence-corrected chi connectivity index (χ1v) is 9.05. The van der Waals surface area contributed by atoms with E-state index in [4.69, 9.17) is 4.74 Å². The van der Waals surface area contributed by atoms with Crippen LogP contribution in [0.5, 0.6) is 5.75 Å². The van der Waals surface area contributed by atoms with E-state index in [1.54, 1.807) is 9.80 Å². The third-order valence-corrected chi connectivity index (χ3v) is 5.02. The number of ether oxygens (including phenoxy) is 1. The van der Waals surface area contributed by atoms with Gasteiger partial charge in [-0.25, -0.2) is 0 Å². The monoisotopic (exact) mass is 350 g/mol. The van der Waals surface area contributed by atoms with Gasteiger partial charge in [-0.15, -0.1) is 0 Å². The SMILES string of the molecule is Cc1ccc2c(c1)N(C(=O)CCC(=O)N1CCc3ccccc31)CCO2. The van der Waals surface area contributed by atoms with Crippen LogP contribution in [0.4, 0.5) is 11.4 Å². The van der Waals surface area contributed by atoms with E-state index in [0.717, 1.165) is 29.1 Å². The van der Waals surface area contributed by atoms with Gasteiger partial charge < -0.3 is 14.5 Å². The molecule has 0 aromatic heterocycles. The predicted molar refractivity (Wildman–Crippen MR) is 101 cm³/mol. The van der Waals surface area contributed by atoms with Gasteiger partial charge in [0, 0.05) is 25.1 Å². The van der Waals surface area contributed by atoms with Gasteiger partial charge in [-0.1, -0.05) is 24.3 Å². The number of benzene rings is 2. The molecule has 0 N–H and O–H groups in total. The average Bonchev–Trinajstić information content (AvgIpc) is 3.09. The van der Waals surface area contributed by atoms with Crippen molar-refractivity contribution >= 4 is 23.2 Å². The lowest BCUT2D eigenvalue weighted by Crippen LogP contribution is -2.39. The molecule has 2 aliphatic heterocycles. The summed E-state index contributed by atoms with van der Waals surface area (Å²) >= 11 is 0. The molecule has 4 rings (SSSR count). The zero-order chi connectivity index (χ0) is 18.1. The number of para-hydroxylation sites is 1. The van der Waals surface area contributed by atoms with Crippen LogP contribution >= 0.6 is 0 Å². The zero-order valence-corrected chi connectivity index (χ0v) is 14.9. The van der Waals surface area contributed by atoms with Crippen molar-refractivity contribution < 1.29 is 14.3 Å². The van der Waals surface area contributed by atoms with E-state index < -0.39 is 0 Å². The van der Waals surface area contributed by atoms with Crippen LogP contribution in [-0.2, 0) is 16.0 Å². The highest BCUT2D eigenvalue weighted by Crippen LogP contribution is 2.33. The second-order valence-electron chi connectivity index (χ2n) is 6.79. The summed E-state index contributed by atoms with van der Waals surface area (Å²) in [5.74, 6) is 0.719. The van der Waals surface area contributed by atoms with Crippen LogP contribution in [0.2, 0.25) is 0 Å². The molecule has 0 fully saturated rings. The van der Waals surface area contributed by atoms with E-state index in [-0.39, 0.29) is 24.7 Å². The maximum atomic E-state index is 12.7. The molecule has 0 saturated heterocycles. The Hall–Kier alpha value is -2.82. The molecule has 134 valence electrons. The molecule has 0 unspecified atom stereocenters. The number of carbonyl (C=O) groups excluding carboxylic acids is 2. The van der Waals surface area contributed by atoms with Crippen LogP contribution in [0, 0.1) is 6.92 Å². The maximum absolute atomic E-state index is 12.7. The van der Waals surface area contributed by atoms with Gasteiger partial charge in [0.1, 0.15) is 12.4 Å². The van der Waals surface area contributed by atoms with Crippen molar-refractivity contribution in [2.45, 2.75) is 26.2 Å². The molecule has 0 spiro atoms. The smallest absolute Gasteiger partial charge is 0.227 e. The number of carbonyl (C=O) groups is 2. The first kappa shape index (κ1) is 16.6. The highest BCUT2D eigenvalue weighted by Gasteiger charge is 2.27. The van der Waals surface area contributed by atoms with Gasteiger partial charge in [-0.2, -0.15) is 0 Å². The van der Waals surface area contributed by atoms with Crippen molar-refractivity contribution in [3.05, 3.63) is 53.6 Å². The minimum absolute atomic E-state index is 0.0148. The third kappa shape index (κ3) is 3.05. The lowest BCUT2D eigenvalue weighted by atomic mass is 10.1. The third-order valence-electron chi connectivity index (χ3n) is 5.02. The highest BCUT2D eigenvalue weighted by atomic mass is 16.5. The number of hydrogen-bond acceptors (Lipinski definition) is 3. The van der Waals surface area contributed by atoms with Gasteiger partial charge in [0.05, 0.1) is 12.2 Å². The molecule has 26 heavy (non-hydrogen) atoms. The maximum Gasteiger partial charge on any atom is 0.227 e. The number of aryl methyl sites for hydroxylation is 1. The van der Waals surface area contributed by atoms with Gasteiger partial charge in [0.25, 0.3) is 0 Å². The van der Waals surface area contributed by atoms with Gasteiger partial charge in [0.15, 0.2) is 0 Å². The normalized spacial score (nSPS) is 15.3. The summed E-state index contributed by atoms with van der Waals surface area (Å²) in [6.07, 6.45) is 1.32. The molecule has 5 nitrogen and oxygen atoms in total. The van der Waals surface area contributed by atoms with Crippen LogP contribution in [-0.4, -0.2) is 31.5 Å². The lowest BCUT2D eigenvalue weighted by Gasteiger charge is -2.30. The summed E-state index contributed by atoms with van der Waals surface area (Å²) in [4.78, 5) is 28.9. The summed E-state index contributed by atoms with van der Waals surface area (Å²) in [6, 6.07) is 13.8. The van der Waals surface area contributed by atoms with E-state index in [1.807, 2.05) is 43.3 Å². The van der Waals surface area contributed by atoms with Crippen LogP contribution in [0.15, 0.2) is 42.5 Å². The summed E-state index contributed by atoms with van der Waals surface area (Å²) in [7, 11) is 0. The fourth-order valence-electron chi connectivity index (χ4n) is 3.67. The molecule has 2 heterocycles. The highest BCUT2D eigenvalue weighted by molar-refractivity contribution is 6.00. The van der Waals surface area contributed by atoms with Gasteiger partial charge >= 0.3 is 0 Å². The van der Waals surface area contributed by atoms with E-state index in [1.165, 1.54) is 5.56 Å². The van der Waals surface area contributed by atoms with Crippen molar-refractivity contribution in [3.63, 3.8) is 0 Å². The molecule has 2 aromatic rings. The average molecular weight is 350 g/mol. The molecule has 2 aromatic carbocycles. The summed E-state index contributed by atoms with van der Waals surface area (Å²) < 4.78 is 5.64. The Balaban J connectivity index is 1.42. The van der Waals surface area contributed by atoms with Crippen molar-refractivity contribution in [2.24, 2.45) is 0 Å². The molecule has 0 aliphatic carbocycles. The van der Waals surface area contributed by atoms with Crippen molar-refractivity contribution in [3.8, 4) is 5.75 Å². The second-order valence-corrected chi connectivity index (χ2v) is 6.79. The first-order chi connectivity index (χ1) is 12.6. The van der Waals surface area contributed by atoms with E-state index in [0.29, 0.717) is 19.7 Å². The first-order valence-electron chi connectivity index (χ1n) is 9.05. The molecule has 0 atom stereocenters. The Labute approximate surface area is 153 Å². The standard InChI is InChI=1S/C21H22N2O3/c1-15-6-7-19-18(14-15)23(12-13-26-19)21(25)9-8-20(24)22-11-10-16-4-2-3-5-17(16)22/h2-7,14H,8-13H2,1H3. The fraction of sp³-hybridized carbons (Fsp3) is 0.333. The van der Waals surface area contributed by atoms with Crippen molar-refractivity contribution in [1.82, 2.24) is 0 Å². The molecule has 0 radical (unpaired) electrons. The zero-order valence-electron chi connectivity index (χ0n) is 14.9. The van der Waals surface area contributed by atoms with Gasteiger partial charge in [-0.3, -0.25) is 9.59 Å². The van der Waals surface area contributed by atoms with Gasteiger partial charge in [-0.05, 0) is 42.7 Å². The number of hydrogen-bond donors (Lipinski definition) is 0. The quantitative estimate of drug-likeness (QED) is 0.855. The van der Waals surface area contributed by atoms with Crippen LogP contribution in [0.1, 0.15) is 24.0 Å². The summed E-state index contributed by atoms with van der Waals surface area (Å²) in [5, 5.41) is 0. The molecule has 0 saturated carbocycles. The second kappa shape index (κ2) is 6.83. The number of fused-ring (bicyclic) bond motifs is 2. The van der Waals surface area contributed by atoms with Crippen LogP contribution < -0.4 is 14.5 Å². The minimum atomic E-state index is -0.0269. The molecule has 2 amide bonds. The van der Waals surface area contributed by atoms with E-state index in [9.17, 15) is 9.59 Å². The number of rotatable bonds is 3. The number of amides is 2. The van der Waals surface area contributed by atoms with Gasteiger partial charge in [0.2, 0.25) is 11.8 Å². The number of nitrogens with zero attached hydrogens (tertiary/aromatic N) is 2. The molecule has 2 aliphatic rings. The predicted octanol–water partition coefficient (Wildman–Crippen LogP) is 3.09. The largest absolute Gasteiger partial charge is 0.490 e. The van der Waals surface area contributed by atoms with E-state index in [2.05, 4.69) is 6.07 Å². The fourth-order valence-corrected chi connectivity index (χ4v) is 3.67.